The van der Waals surface area contributed by atoms with Gasteiger partial charge >= 0.3 is 0 Å². The highest BCUT2D eigenvalue weighted by Gasteiger charge is 2.21. The minimum atomic E-state index is 0.908. The van der Waals surface area contributed by atoms with Gasteiger partial charge in [0.2, 0.25) is 0 Å². The lowest BCUT2D eigenvalue weighted by Crippen LogP contribution is -1.92. The molecule has 9 aromatic carbocycles. The van der Waals surface area contributed by atoms with Gasteiger partial charge in [-0.1, -0.05) is 170 Å². The molecule has 1 aromatic heterocycles. The van der Waals surface area contributed by atoms with Crippen LogP contribution in [0, 0.1) is 0 Å². The number of fused-ring (bicyclic) bond motifs is 6. The smallest absolute Gasteiger partial charge is 0.143 e. The second-order valence-electron chi connectivity index (χ2n) is 12.8. The van der Waals surface area contributed by atoms with Crippen molar-refractivity contribution in [2.75, 3.05) is 0 Å². The van der Waals surface area contributed by atoms with Crippen LogP contribution in [0.15, 0.2) is 186 Å². The first-order valence-corrected chi connectivity index (χ1v) is 16.8. The summed E-state index contributed by atoms with van der Waals surface area (Å²) in [4.78, 5) is 0. The molecule has 0 aliphatic rings. The van der Waals surface area contributed by atoms with Crippen LogP contribution < -0.4 is 0 Å². The minimum Gasteiger partial charge on any atom is -0.455 e. The Morgan fingerprint density at radius 1 is 0.286 bits per heavy atom. The Bertz CT molecular complexity index is 2850. The first-order valence-electron chi connectivity index (χ1n) is 16.8. The summed E-state index contributed by atoms with van der Waals surface area (Å²) in [5, 5.41) is 9.63. The van der Waals surface area contributed by atoms with Crippen LogP contribution >= 0.6 is 0 Å². The predicted octanol–water partition coefficient (Wildman–Crippen LogP) is 13.7. The van der Waals surface area contributed by atoms with Crippen molar-refractivity contribution in [1.29, 1.82) is 0 Å². The van der Waals surface area contributed by atoms with E-state index in [1.165, 1.54) is 71.3 Å². The van der Waals surface area contributed by atoms with Crippen molar-refractivity contribution in [1.82, 2.24) is 0 Å². The van der Waals surface area contributed by atoms with Crippen molar-refractivity contribution < 1.29 is 4.42 Å². The second kappa shape index (κ2) is 11.1. The maximum absolute atomic E-state index is 6.68. The molecule has 1 nitrogen and oxygen atoms in total. The number of rotatable bonds is 4. The zero-order valence-corrected chi connectivity index (χ0v) is 26.7. The average molecular weight is 623 g/mol. The summed E-state index contributed by atoms with van der Waals surface area (Å²) in [5.41, 5.74) is 11.4. The molecule has 0 unspecified atom stereocenters. The van der Waals surface area contributed by atoms with Crippen LogP contribution in [-0.4, -0.2) is 0 Å². The number of benzene rings is 9. The van der Waals surface area contributed by atoms with E-state index in [9.17, 15) is 0 Å². The van der Waals surface area contributed by atoms with E-state index < -0.39 is 0 Å². The van der Waals surface area contributed by atoms with Gasteiger partial charge in [0.1, 0.15) is 11.2 Å². The molecule has 10 aromatic rings. The van der Waals surface area contributed by atoms with Gasteiger partial charge in [0.05, 0.1) is 0 Å². The van der Waals surface area contributed by atoms with Crippen molar-refractivity contribution in [2.45, 2.75) is 0 Å². The van der Waals surface area contributed by atoms with E-state index in [1.54, 1.807) is 0 Å². The topological polar surface area (TPSA) is 13.1 Å². The predicted molar refractivity (Wildman–Crippen MR) is 208 cm³/mol. The quantitative estimate of drug-likeness (QED) is 0.178. The number of para-hydroxylation sites is 2. The van der Waals surface area contributed by atoms with Crippen LogP contribution in [0.4, 0.5) is 0 Å². The van der Waals surface area contributed by atoms with Gasteiger partial charge in [-0.15, -0.1) is 0 Å². The average Bonchev–Trinajstić information content (AvgIpc) is 3.56. The number of furan rings is 1. The summed E-state index contributed by atoms with van der Waals surface area (Å²) < 4.78 is 6.68. The van der Waals surface area contributed by atoms with Crippen LogP contribution in [0.5, 0.6) is 0 Å². The maximum atomic E-state index is 6.68. The van der Waals surface area contributed by atoms with E-state index in [4.69, 9.17) is 4.42 Å². The molecule has 0 aliphatic heterocycles. The molecule has 0 aliphatic carbocycles. The van der Waals surface area contributed by atoms with E-state index in [2.05, 4.69) is 176 Å². The van der Waals surface area contributed by atoms with Gasteiger partial charge in [-0.25, -0.2) is 0 Å². The van der Waals surface area contributed by atoms with Crippen LogP contribution in [0.25, 0.3) is 98.8 Å². The Morgan fingerprint density at radius 2 is 0.837 bits per heavy atom. The zero-order chi connectivity index (χ0) is 32.3. The van der Waals surface area contributed by atoms with Gasteiger partial charge in [0.15, 0.2) is 0 Å². The first kappa shape index (κ1) is 27.7. The maximum Gasteiger partial charge on any atom is 0.143 e. The molecule has 0 N–H and O–H groups in total. The Labute approximate surface area is 284 Å². The fourth-order valence-corrected chi connectivity index (χ4v) is 7.83. The standard InChI is InChI=1S/C48H30O/c1-2-12-31(13-3-1)32-24-26-34(27-25-32)46-39-18-6-7-19-40(39)47(43-22-11-21-42-38-17-8-9-23-45(38)49-48(42)43)44-30-35(28-29-41(44)46)37-20-10-15-33-14-4-5-16-36(33)37/h1-30H. The monoisotopic (exact) mass is 622 g/mol. The molecule has 0 spiro atoms. The third kappa shape index (κ3) is 4.40. The van der Waals surface area contributed by atoms with Crippen LogP contribution in [0.1, 0.15) is 0 Å². The Morgan fingerprint density at radius 3 is 1.67 bits per heavy atom. The lowest BCUT2D eigenvalue weighted by atomic mass is 9.84. The van der Waals surface area contributed by atoms with Crippen molar-refractivity contribution in [3.05, 3.63) is 182 Å². The molecule has 1 heteroatoms. The molecule has 228 valence electrons. The fraction of sp³-hybridized carbons (Fsp3) is 0. The van der Waals surface area contributed by atoms with E-state index in [0.29, 0.717) is 0 Å². The summed E-state index contributed by atoms with van der Waals surface area (Å²) in [5.74, 6) is 0. The molecular weight excluding hydrogens is 593 g/mol. The molecule has 0 radical (unpaired) electrons. The molecule has 10 rings (SSSR count). The summed E-state index contributed by atoms with van der Waals surface area (Å²) in [6.07, 6.45) is 0. The van der Waals surface area contributed by atoms with Gasteiger partial charge in [0.25, 0.3) is 0 Å². The van der Waals surface area contributed by atoms with Crippen LogP contribution in [0.2, 0.25) is 0 Å². The molecule has 0 bridgehead atoms. The molecule has 0 amide bonds. The summed E-state index contributed by atoms with van der Waals surface area (Å²) >= 11 is 0. The lowest BCUT2D eigenvalue weighted by Gasteiger charge is -2.19. The van der Waals surface area contributed by atoms with Gasteiger partial charge < -0.3 is 4.42 Å². The fourth-order valence-electron chi connectivity index (χ4n) is 7.83. The first-order chi connectivity index (χ1) is 24.3. The van der Waals surface area contributed by atoms with E-state index in [-0.39, 0.29) is 0 Å². The Hall–Kier alpha value is -6.44. The summed E-state index contributed by atoms with van der Waals surface area (Å²) in [6.45, 7) is 0. The zero-order valence-electron chi connectivity index (χ0n) is 26.7. The molecule has 0 saturated heterocycles. The van der Waals surface area contributed by atoms with Gasteiger partial charge in [-0.2, -0.15) is 0 Å². The highest BCUT2D eigenvalue weighted by molar-refractivity contribution is 6.25. The van der Waals surface area contributed by atoms with Crippen LogP contribution in [-0.2, 0) is 0 Å². The van der Waals surface area contributed by atoms with E-state index in [1.807, 2.05) is 6.07 Å². The highest BCUT2D eigenvalue weighted by atomic mass is 16.3. The third-order valence-corrected chi connectivity index (χ3v) is 10.1. The number of hydrogen-bond acceptors (Lipinski definition) is 1. The second-order valence-corrected chi connectivity index (χ2v) is 12.8. The van der Waals surface area contributed by atoms with Gasteiger partial charge in [-0.3, -0.25) is 0 Å². The molecule has 0 saturated carbocycles. The normalized spacial score (nSPS) is 11.7. The lowest BCUT2D eigenvalue weighted by molar-refractivity contribution is 0.670. The largest absolute Gasteiger partial charge is 0.455 e. The highest BCUT2D eigenvalue weighted by Crippen LogP contribution is 2.47. The summed E-state index contributed by atoms with van der Waals surface area (Å²) in [7, 11) is 0. The Kier molecular flexibility index (Phi) is 6.25. The van der Waals surface area contributed by atoms with Crippen molar-refractivity contribution >= 4 is 54.3 Å². The molecule has 1 heterocycles. The molecule has 49 heavy (non-hydrogen) atoms. The van der Waals surface area contributed by atoms with E-state index in [0.717, 1.165) is 27.5 Å². The molecule has 0 atom stereocenters. The molecule has 0 fully saturated rings. The Balaban J connectivity index is 1.31. The minimum absolute atomic E-state index is 0.908. The van der Waals surface area contributed by atoms with E-state index >= 15 is 0 Å². The van der Waals surface area contributed by atoms with Crippen molar-refractivity contribution in [3.63, 3.8) is 0 Å². The summed E-state index contributed by atoms with van der Waals surface area (Å²) in [6, 6.07) is 65.8. The van der Waals surface area contributed by atoms with Gasteiger partial charge in [-0.05, 0) is 77.8 Å². The van der Waals surface area contributed by atoms with Crippen molar-refractivity contribution in [3.8, 4) is 44.5 Å². The van der Waals surface area contributed by atoms with Gasteiger partial charge in [0, 0.05) is 21.9 Å². The van der Waals surface area contributed by atoms with Crippen LogP contribution in [0.3, 0.4) is 0 Å². The van der Waals surface area contributed by atoms with Crippen molar-refractivity contribution in [2.24, 2.45) is 0 Å². The molecular formula is C48H30O. The SMILES string of the molecule is c1ccc(-c2ccc(-c3c4ccccc4c(-c4cccc5c4oc4ccccc45)c4cc(-c5cccc6ccccc56)ccc34)cc2)cc1. The number of hydrogen-bond donors (Lipinski definition) is 0. The third-order valence-electron chi connectivity index (χ3n) is 10.1.